The van der Waals surface area contributed by atoms with Crippen LogP contribution in [-0.2, 0) is 4.79 Å². The first-order valence-electron chi connectivity index (χ1n) is 5.55. The second kappa shape index (κ2) is 4.03. The van der Waals surface area contributed by atoms with Crippen LogP contribution in [0.3, 0.4) is 0 Å². The number of hydrogen-bond acceptors (Lipinski definition) is 3. The third kappa shape index (κ3) is 1.70. The van der Waals surface area contributed by atoms with Crippen molar-refractivity contribution in [3.8, 4) is 11.1 Å². The van der Waals surface area contributed by atoms with Crippen LogP contribution in [0.5, 0.6) is 0 Å². The Morgan fingerprint density at radius 3 is 2.59 bits per heavy atom. The van der Waals surface area contributed by atoms with E-state index in [-0.39, 0.29) is 6.04 Å². The van der Waals surface area contributed by atoms with Crippen molar-refractivity contribution in [2.45, 2.75) is 6.04 Å². The summed E-state index contributed by atoms with van der Waals surface area (Å²) in [6.45, 7) is 0. The highest BCUT2D eigenvalue weighted by molar-refractivity contribution is 5.76. The molecule has 3 rings (SSSR count). The van der Waals surface area contributed by atoms with E-state index in [2.05, 4.69) is 29.1 Å². The fourth-order valence-corrected chi connectivity index (χ4v) is 2.09. The summed E-state index contributed by atoms with van der Waals surface area (Å²) in [4.78, 5) is 10.8. The van der Waals surface area contributed by atoms with Crippen LogP contribution in [0.2, 0.25) is 0 Å². The van der Waals surface area contributed by atoms with Crippen LogP contribution in [0, 0.1) is 0 Å². The lowest BCUT2D eigenvalue weighted by molar-refractivity contribution is -0.109. The Balaban J connectivity index is 2.03. The molecule has 3 heteroatoms. The molecule has 1 heterocycles. The predicted octanol–water partition coefficient (Wildman–Crippen LogP) is 2.52. The van der Waals surface area contributed by atoms with Gasteiger partial charge in [0.25, 0.3) is 0 Å². The zero-order chi connectivity index (χ0) is 11.7. The lowest BCUT2D eigenvalue weighted by Gasteiger charge is -2.05. The van der Waals surface area contributed by atoms with Gasteiger partial charge < -0.3 is 10.2 Å². The standard InChI is InChI=1S/C14H12N2O/c17-9-14-12-7-6-11(8-13(12)15-16-14)10-4-2-1-3-5-10/h1-9,14-16H. The Hall–Kier alpha value is -2.13. The van der Waals surface area contributed by atoms with E-state index in [1.54, 1.807) is 0 Å². The number of carbonyl (C=O) groups is 1. The highest BCUT2D eigenvalue weighted by Crippen LogP contribution is 2.31. The lowest BCUT2D eigenvalue weighted by atomic mass is 10.0. The molecule has 0 saturated carbocycles. The molecule has 1 aliphatic heterocycles. The lowest BCUT2D eigenvalue weighted by Crippen LogP contribution is -2.19. The number of hydrogen-bond donors (Lipinski definition) is 2. The molecule has 84 valence electrons. The minimum atomic E-state index is -0.241. The Kier molecular flexibility index (Phi) is 2.38. The normalized spacial score (nSPS) is 17.3. The molecule has 17 heavy (non-hydrogen) atoms. The largest absolute Gasteiger partial charge is 0.320 e. The summed E-state index contributed by atoms with van der Waals surface area (Å²) in [6.07, 6.45) is 0.904. The monoisotopic (exact) mass is 224 g/mol. The van der Waals surface area contributed by atoms with Crippen LogP contribution in [0.4, 0.5) is 5.69 Å². The molecule has 2 aromatic carbocycles. The van der Waals surface area contributed by atoms with Crippen LogP contribution in [-0.4, -0.2) is 6.29 Å². The molecule has 0 radical (unpaired) electrons. The van der Waals surface area contributed by atoms with Gasteiger partial charge in [0, 0.05) is 5.56 Å². The SMILES string of the molecule is O=CC1NNc2cc(-c3ccccc3)ccc21. The summed E-state index contributed by atoms with van der Waals surface area (Å²) in [5.74, 6) is 0. The fraction of sp³-hybridized carbons (Fsp3) is 0.0714. The molecule has 1 unspecified atom stereocenters. The Morgan fingerprint density at radius 1 is 1.00 bits per heavy atom. The van der Waals surface area contributed by atoms with Gasteiger partial charge in [0.1, 0.15) is 12.3 Å². The molecule has 3 nitrogen and oxygen atoms in total. The van der Waals surface area contributed by atoms with E-state index >= 15 is 0 Å². The van der Waals surface area contributed by atoms with E-state index < -0.39 is 0 Å². The van der Waals surface area contributed by atoms with E-state index in [9.17, 15) is 4.79 Å². The number of anilines is 1. The number of carbonyl (C=O) groups excluding carboxylic acids is 1. The van der Waals surface area contributed by atoms with Gasteiger partial charge in [-0.25, -0.2) is 5.43 Å². The van der Waals surface area contributed by atoms with E-state index in [1.165, 1.54) is 5.56 Å². The first kappa shape index (κ1) is 10.1. The number of aldehydes is 1. The second-order valence-corrected chi connectivity index (χ2v) is 4.05. The minimum Gasteiger partial charge on any atom is -0.320 e. The van der Waals surface area contributed by atoms with Crippen molar-refractivity contribution in [2.24, 2.45) is 0 Å². The zero-order valence-corrected chi connectivity index (χ0v) is 9.18. The van der Waals surface area contributed by atoms with E-state index in [0.29, 0.717) is 0 Å². The summed E-state index contributed by atoms with van der Waals surface area (Å²) in [7, 11) is 0. The number of benzene rings is 2. The molecule has 2 N–H and O–H groups in total. The van der Waals surface area contributed by atoms with Crippen molar-refractivity contribution in [2.75, 3.05) is 5.43 Å². The maximum absolute atomic E-state index is 10.8. The molecule has 0 amide bonds. The van der Waals surface area contributed by atoms with Crippen molar-refractivity contribution in [1.82, 2.24) is 5.43 Å². The third-order valence-corrected chi connectivity index (χ3v) is 2.99. The van der Waals surface area contributed by atoms with Crippen molar-refractivity contribution >= 4 is 12.0 Å². The van der Waals surface area contributed by atoms with Crippen molar-refractivity contribution in [3.05, 3.63) is 54.1 Å². The maximum atomic E-state index is 10.8. The van der Waals surface area contributed by atoms with E-state index in [1.807, 2.05) is 30.3 Å². The molecule has 1 aliphatic rings. The van der Waals surface area contributed by atoms with Crippen molar-refractivity contribution in [3.63, 3.8) is 0 Å². The van der Waals surface area contributed by atoms with Crippen LogP contribution in [0.1, 0.15) is 11.6 Å². The Morgan fingerprint density at radius 2 is 1.82 bits per heavy atom. The molecule has 0 aliphatic carbocycles. The quantitative estimate of drug-likeness (QED) is 0.770. The van der Waals surface area contributed by atoms with E-state index in [4.69, 9.17) is 0 Å². The second-order valence-electron chi connectivity index (χ2n) is 4.05. The average Bonchev–Trinajstić information content (AvgIpc) is 2.81. The van der Waals surface area contributed by atoms with Gasteiger partial charge in [-0.15, -0.1) is 0 Å². The van der Waals surface area contributed by atoms with Crippen LogP contribution >= 0.6 is 0 Å². The number of nitrogens with one attached hydrogen (secondary N) is 2. The first-order valence-corrected chi connectivity index (χ1v) is 5.55. The van der Waals surface area contributed by atoms with Gasteiger partial charge >= 0.3 is 0 Å². The van der Waals surface area contributed by atoms with Crippen LogP contribution in [0.25, 0.3) is 11.1 Å². The van der Waals surface area contributed by atoms with Crippen molar-refractivity contribution in [1.29, 1.82) is 0 Å². The molecule has 0 spiro atoms. The zero-order valence-electron chi connectivity index (χ0n) is 9.18. The fourth-order valence-electron chi connectivity index (χ4n) is 2.09. The number of fused-ring (bicyclic) bond motifs is 1. The maximum Gasteiger partial charge on any atom is 0.143 e. The first-order chi connectivity index (χ1) is 8.38. The molecule has 0 aromatic heterocycles. The van der Waals surface area contributed by atoms with Gasteiger partial charge in [0.2, 0.25) is 0 Å². The highest BCUT2D eigenvalue weighted by Gasteiger charge is 2.20. The topological polar surface area (TPSA) is 41.1 Å². The highest BCUT2D eigenvalue weighted by atomic mass is 16.1. The smallest absolute Gasteiger partial charge is 0.143 e. The number of hydrazine groups is 1. The predicted molar refractivity (Wildman–Crippen MR) is 67.4 cm³/mol. The minimum absolute atomic E-state index is 0.241. The van der Waals surface area contributed by atoms with Gasteiger partial charge in [0.15, 0.2) is 0 Å². The summed E-state index contributed by atoms with van der Waals surface area (Å²) in [5.41, 5.74) is 10.3. The Labute approximate surface area is 99.4 Å². The summed E-state index contributed by atoms with van der Waals surface area (Å²) < 4.78 is 0. The van der Waals surface area contributed by atoms with Gasteiger partial charge in [-0.2, -0.15) is 0 Å². The molecule has 2 aromatic rings. The average molecular weight is 224 g/mol. The summed E-state index contributed by atoms with van der Waals surface area (Å²) >= 11 is 0. The molecule has 0 saturated heterocycles. The molecular formula is C14H12N2O. The van der Waals surface area contributed by atoms with Gasteiger partial charge in [-0.3, -0.25) is 0 Å². The van der Waals surface area contributed by atoms with Crippen LogP contribution < -0.4 is 10.9 Å². The molecule has 0 fully saturated rings. The van der Waals surface area contributed by atoms with Crippen molar-refractivity contribution < 1.29 is 4.79 Å². The molecular weight excluding hydrogens is 212 g/mol. The summed E-state index contributed by atoms with van der Waals surface area (Å²) in [6, 6.07) is 16.0. The summed E-state index contributed by atoms with van der Waals surface area (Å²) in [5, 5.41) is 0. The van der Waals surface area contributed by atoms with Crippen LogP contribution in [0.15, 0.2) is 48.5 Å². The molecule has 0 bridgehead atoms. The Bertz CT molecular complexity index is 551. The third-order valence-electron chi connectivity index (χ3n) is 2.99. The van der Waals surface area contributed by atoms with Gasteiger partial charge in [0.05, 0.1) is 5.69 Å². The number of rotatable bonds is 2. The van der Waals surface area contributed by atoms with Gasteiger partial charge in [-0.1, -0.05) is 42.5 Å². The van der Waals surface area contributed by atoms with Gasteiger partial charge in [-0.05, 0) is 17.2 Å². The van der Waals surface area contributed by atoms with E-state index in [0.717, 1.165) is 23.1 Å². The molecule has 1 atom stereocenters.